The van der Waals surface area contributed by atoms with Gasteiger partial charge in [-0.1, -0.05) is 39.5 Å². The molecule has 0 aromatic heterocycles. The molecule has 2 saturated carbocycles. The minimum Gasteiger partial charge on any atom is -0.375 e. The number of hydrogen-bond donors (Lipinski definition) is 1. The lowest BCUT2D eigenvalue weighted by atomic mass is 9.71. The highest BCUT2D eigenvalue weighted by molar-refractivity contribution is 4.96. The molecule has 2 heteroatoms. The molecule has 1 spiro atoms. The second kappa shape index (κ2) is 7.00. The molecule has 3 aliphatic rings. The van der Waals surface area contributed by atoms with Crippen molar-refractivity contribution < 1.29 is 4.74 Å². The fourth-order valence-corrected chi connectivity index (χ4v) is 5.45. The summed E-state index contributed by atoms with van der Waals surface area (Å²) >= 11 is 0. The van der Waals surface area contributed by atoms with Gasteiger partial charge in [0.15, 0.2) is 0 Å². The summed E-state index contributed by atoms with van der Waals surface area (Å²) in [6.07, 6.45) is 13.8. The predicted octanol–water partition coefficient (Wildman–Crippen LogP) is 4.53. The maximum atomic E-state index is 6.32. The molecule has 1 heterocycles. The summed E-state index contributed by atoms with van der Waals surface area (Å²) in [5.74, 6) is 2.72. The van der Waals surface area contributed by atoms with E-state index in [9.17, 15) is 0 Å². The first kappa shape index (κ1) is 15.8. The lowest BCUT2D eigenvalue weighted by Crippen LogP contribution is -2.50. The molecule has 1 N–H and O–H groups in total. The van der Waals surface area contributed by atoms with Crippen molar-refractivity contribution in [1.82, 2.24) is 5.32 Å². The molecule has 1 saturated heterocycles. The van der Waals surface area contributed by atoms with Gasteiger partial charge >= 0.3 is 0 Å². The molecular weight excluding hydrogens is 258 g/mol. The molecule has 4 atom stereocenters. The Morgan fingerprint density at radius 2 is 1.90 bits per heavy atom. The van der Waals surface area contributed by atoms with Crippen molar-refractivity contribution in [3.05, 3.63) is 0 Å². The molecule has 0 aromatic carbocycles. The van der Waals surface area contributed by atoms with Crippen molar-refractivity contribution in [3.63, 3.8) is 0 Å². The van der Waals surface area contributed by atoms with Crippen LogP contribution in [0.2, 0.25) is 0 Å². The molecule has 21 heavy (non-hydrogen) atoms. The molecule has 0 bridgehead atoms. The van der Waals surface area contributed by atoms with E-state index in [1.807, 2.05) is 0 Å². The van der Waals surface area contributed by atoms with E-state index in [-0.39, 0.29) is 5.60 Å². The summed E-state index contributed by atoms with van der Waals surface area (Å²) in [6, 6.07) is 0.752. The largest absolute Gasteiger partial charge is 0.375 e. The highest BCUT2D eigenvalue weighted by atomic mass is 16.5. The van der Waals surface area contributed by atoms with E-state index in [2.05, 4.69) is 19.2 Å². The van der Waals surface area contributed by atoms with Crippen LogP contribution >= 0.6 is 0 Å². The summed E-state index contributed by atoms with van der Waals surface area (Å²) in [5.41, 5.74) is 0.263. The second-order valence-corrected chi connectivity index (χ2v) is 8.11. The fourth-order valence-electron chi connectivity index (χ4n) is 5.45. The van der Waals surface area contributed by atoms with Crippen molar-refractivity contribution in [2.45, 2.75) is 89.7 Å². The van der Waals surface area contributed by atoms with Gasteiger partial charge in [-0.25, -0.2) is 0 Å². The van der Waals surface area contributed by atoms with Crippen LogP contribution in [0, 0.1) is 17.8 Å². The van der Waals surface area contributed by atoms with E-state index in [1.165, 1.54) is 64.2 Å². The molecule has 0 amide bonds. The monoisotopic (exact) mass is 293 g/mol. The van der Waals surface area contributed by atoms with Crippen molar-refractivity contribution in [1.29, 1.82) is 0 Å². The van der Waals surface area contributed by atoms with Crippen molar-refractivity contribution in [3.8, 4) is 0 Å². The Morgan fingerprint density at radius 3 is 2.57 bits per heavy atom. The predicted molar refractivity (Wildman–Crippen MR) is 88.5 cm³/mol. The zero-order valence-corrected chi connectivity index (χ0v) is 14.2. The van der Waals surface area contributed by atoms with E-state index < -0.39 is 0 Å². The van der Waals surface area contributed by atoms with Gasteiger partial charge in [-0.2, -0.15) is 0 Å². The maximum absolute atomic E-state index is 6.32. The molecule has 3 fully saturated rings. The average molecular weight is 293 g/mol. The summed E-state index contributed by atoms with van der Waals surface area (Å²) in [7, 11) is 0. The van der Waals surface area contributed by atoms with Crippen molar-refractivity contribution in [2.75, 3.05) is 13.2 Å². The highest BCUT2D eigenvalue weighted by Gasteiger charge is 2.43. The van der Waals surface area contributed by atoms with Crippen LogP contribution in [0.1, 0.15) is 78.1 Å². The number of nitrogens with one attached hydrogen (secondary N) is 1. The van der Waals surface area contributed by atoms with Gasteiger partial charge in [-0.05, 0) is 62.8 Å². The lowest BCUT2D eigenvalue weighted by molar-refractivity contribution is -0.124. The van der Waals surface area contributed by atoms with Crippen LogP contribution in [0.15, 0.2) is 0 Å². The van der Waals surface area contributed by atoms with Gasteiger partial charge in [0.2, 0.25) is 0 Å². The first-order valence-electron chi connectivity index (χ1n) is 9.60. The summed E-state index contributed by atoms with van der Waals surface area (Å²) in [5, 5.41) is 3.88. The standard InChI is InChI=1S/C19H35NO/c1-3-20-18(16-8-7-15(2)13-16)17-9-12-21-19(14-17)10-5-4-6-11-19/h15-18,20H,3-14H2,1-2H3. The Balaban J connectivity index is 1.66. The van der Waals surface area contributed by atoms with E-state index in [1.54, 1.807) is 0 Å². The van der Waals surface area contributed by atoms with Crippen LogP contribution in [0.4, 0.5) is 0 Å². The van der Waals surface area contributed by atoms with E-state index in [0.717, 1.165) is 36.9 Å². The molecule has 4 unspecified atom stereocenters. The zero-order chi connectivity index (χ0) is 14.7. The van der Waals surface area contributed by atoms with Crippen molar-refractivity contribution >= 4 is 0 Å². The molecule has 0 radical (unpaired) electrons. The van der Waals surface area contributed by atoms with Crippen LogP contribution in [-0.4, -0.2) is 24.8 Å². The third-order valence-electron chi connectivity index (χ3n) is 6.49. The van der Waals surface area contributed by atoms with Crippen molar-refractivity contribution in [2.24, 2.45) is 17.8 Å². The molecule has 2 aliphatic carbocycles. The van der Waals surface area contributed by atoms with Gasteiger partial charge in [-0.15, -0.1) is 0 Å². The third-order valence-corrected chi connectivity index (χ3v) is 6.49. The molecule has 122 valence electrons. The Hall–Kier alpha value is -0.0800. The molecule has 0 aromatic rings. The molecular formula is C19H35NO. The van der Waals surface area contributed by atoms with Crippen LogP contribution in [-0.2, 0) is 4.74 Å². The quantitative estimate of drug-likeness (QED) is 0.822. The fraction of sp³-hybridized carbons (Fsp3) is 1.00. The number of rotatable bonds is 4. The van der Waals surface area contributed by atoms with Gasteiger partial charge in [0.05, 0.1) is 5.60 Å². The Kier molecular flexibility index (Phi) is 5.27. The van der Waals surface area contributed by atoms with Crippen LogP contribution < -0.4 is 5.32 Å². The SMILES string of the molecule is CCNC(C1CCC(C)C1)C1CCOC2(CCCCC2)C1. The summed E-state index contributed by atoms with van der Waals surface area (Å²) in [4.78, 5) is 0. The van der Waals surface area contributed by atoms with E-state index >= 15 is 0 Å². The Labute approximate surface area is 131 Å². The van der Waals surface area contributed by atoms with Gasteiger partial charge in [0.25, 0.3) is 0 Å². The second-order valence-electron chi connectivity index (χ2n) is 8.11. The van der Waals surface area contributed by atoms with Gasteiger partial charge in [0, 0.05) is 12.6 Å². The first-order chi connectivity index (χ1) is 10.2. The van der Waals surface area contributed by atoms with Gasteiger partial charge in [-0.3, -0.25) is 0 Å². The van der Waals surface area contributed by atoms with Gasteiger partial charge < -0.3 is 10.1 Å². The zero-order valence-electron chi connectivity index (χ0n) is 14.2. The Morgan fingerprint density at radius 1 is 1.10 bits per heavy atom. The maximum Gasteiger partial charge on any atom is 0.0685 e. The lowest BCUT2D eigenvalue weighted by Gasteiger charge is -2.46. The minimum absolute atomic E-state index is 0.263. The average Bonchev–Trinajstić information content (AvgIpc) is 2.92. The van der Waals surface area contributed by atoms with Crippen LogP contribution in [0.25, 0.3) is 0 Å². The van der Waals surface area contributed by atoms with Crippen LogP contribution in [0.3, 0.4) is 0 Å². The van der Waals surface area contributed by atoms with E-state index in [0.29, 0.717) is 0 Å². The van der Waals surface area contributed by atoms with Crippen LogP contribution in [0.5, 0.6) is 0 Å². The number of ether oxygens (including phenoxy) is 1. The normalized spacial score (nSPS) is 37.7. The molecule has 2 nitrogen and oxygen atoms in total. The molecule has 3 rings (SSSR count). The van der Waals surface area contributed by atoms with Gasteiger partial charge in [0.1, 0.15) is 0 Å². The number of hydrogen-bond acceptors (Lipinski definition) is 2. The topological polar surface area (TPSA) is 21.3 Å². The third kappa shape index (κ3) is 3.64. The minimum atomic E-state index is 0.263. The first-order valence-corrected chi connectivity index (χ1v) is 9.60. The smallest absolute Gasteiger partial charge is 0.0685 e. The summed E-state index contributed by atoms with van der Waals surface area (Å²) in [6.45, 7) is 6.85. The molecule has 1 aliphatic heterocycles. The Bertz CT molecular complexity index is 318. The van der Waals surface area contributed by atoms with E-state index in [4.69, 9.17) is 4.74 Å². The highest BCUT2D eigenvalue weighted by Crippen LogP contribution is 2.44. The summed E-state index contributed by atoms with van der Waals surface area (Å²) < 4.78 is 6.32.